The van der Waals surface area contributed by atoms with E-state index in [2.05, 4.69) is 39.8 Å². The molecule has 5 heteroatoms. The van der Waals surface area contributed by atoms with Gasteiger partial charge >= 0.3 is 7.12 Å². The van der Waals surface area contributed by atoms with Crippen molar-refractivity contribution in [2.45, 2.75) is 57.1 Å². The largest absolute Gasteiger partial charge is 0.486 e. The van der Waals surface area contributed by atoms with Crippen molar-refractivity contribution in [3.8, 4) is 11.5 Å². The summed E-state index contributed by atoms with van der Waals surface area (Å²) in [6, 6.07) is 6.28. The SMILES string of the molecule is CC1(C)OB([C@@H]2C[C@H]2c2ccc3c(c2)OCCO3)OC1(C)C. The Hall–Kier alpha value is -1.20. The van der Waals surface area contributed by atoms with Crippen molar-refractivity contribution in [3.05, 3.63) is 23.8 Å². The molecule has 0 spiro atoms. The van der Waals surface area contributed by atoms with Crippen molar-refractivity contribution < 1.29 is 18.8 Å². The first-order chi connectivity index (χ1) is 10.4. The van der Waals surface area contributed by atoms with Crippen LogP contribution in [0.4, 0.5) is 0 Å². The van der Waals surface area contributed by atoms with Crippen LogP contribution in [-0.4, -0.2) is 31.5 Å². The predicted octanol–water partition coefficient (Wildman–Crippen LogP) is 3.41. The summed E-state index contributed by atoms with van der Waals surface area (Å²) in [4.78, 5) is 0. The zero-order chi connectivity index (χ0) is 15.5. The van der Waals surface area contributed by atoms with Crippen LogP contribution in [-0.2, 0) is 9.31 Å². The van der Waals surface area contributed by atoms with Gasteiger partial charge in [0.15, 0.2) is 11.5 Å². The summed E-state index contributed by atoms with van der Waals surface area (Å²) in [5.41, 5.74) is 0.791. The van der Waals surface area contributed by atoms with Crippen molar-refractivity contribution in [1.29, 1.82) is 0 Å². The van der Waals surface area contributed by atoms with Crippen molar-refractivity contribution in [3.63, 3.8) is 0 Å². The fourth-order valence-electron chi connectivity index (χ4n) is 3.25. The van der Waals surface area contributed by atoms with Gasteiger partial charge in [-0.05, 0) is 57.7 Å². The number of hydrogen-bond acceptors (Lipinski definition) is 4. The average Bonchev–Trinajstić information content (AvgIpc) is 3.22. The first-order valence-electron chi connectivity index (χ1n) is 8.13. The molecular weight excluding hydrogens is 279 g/mol. The maximum Gasteiger partial charge on any atom is 0.461 e. The molecule has 2 heterocycles. The Morgan fingerprint density at radius 2 is 1.59 bits per heavy atom. The second-order valence-electron chi connectivity index (χ2n) is 7.53. The fraction of sp³-hybridized carbons (Fsp3) is 0.647. The summed E-state index contributed by atoms with van der Waals surface area (Å²) in [7, 11) is -0.108. The van der Waals surface area contributed by atoms with Crippen LogP contribution >= 0.6 is 0 Å². The highest BCUT2D eigenvalue weighted by molar-refractivity contribution is 6.49. The van der Waals surface area contributed by atoms with Crippen molar-refractivity contribution in [2.24, 2.45) is 0 Å². The molecule has 1 aromatic carbocycles. The molecule has 2 atom stereocenters. The zero-order valence-corrected chi connectivity index (χ0v) is 13.7. The monoisotopic (exact) mass is 302 g/mol. The third-order valence-corrected chi connectivity index (χ3v) is 5.46. The van der Waals surface area contributed by atoms with Crippen LogP contribution in [0.2, 0.25) is 5.82 Å². The Kier molecular flexibility index (Phi) is 3.04. The summed E-state index contributed by atoms with van der Waals surface area (Å²) < 4.78 is 23.6. The topological polar surface area (TPSA) is 36.9 Å². The molecule has 1 aromatic rings. The number of hydrogen-bond donors (Lipinski definition) is 0. The Morgan fingerprint density at radius 1 is 0.955 bits per heavy atom. The molecule has 0 bridgehead atoms. The third-order valence-electron chi connectivity index (χ3n) is 5.46. The molecule has 1 saturated carbocycles. The van der Waals surface area contributed by atoms with Crippen LogP contribution in [0.5, 0.6) is 11.5 Å². The molecule has 1 aliphatic carbocycles. The molecule has 4 rings (SSSR count). The van der Waals surface area contributed by atoms with Crippen LogP contribution in [0, 0.1) is 0 Å². The van der Waals surface area contributed by atoms with Gasteiger partial charge in [0.05, 0.1) is 11.2 Å². The lowest BCUT2D eigenvalue weighted by atomic mass is 9.79. The zero-order valence-electron chi connectivity index (χ0n) is 13.7. The maximum absolute atomic E-state index is 6.17. The van der Waals surface area contributed by atoms with E-state index in [0.29, 0.717) is 24.9 Å². The molecule has 0 aromatic heterocycles. The van der Waals surface area contributed by atoms with Gasteiger partial charge < -0.3 is 18.8 Å². The van der Waals surface area contributed by atoms with Gasteiger partial charge in [-0.3, -0.25) is 0 Å². The third kappa shape index (κ3) is 2.22. The Labute approximate surface area is 132 Å². The first-order valence-corrected chi connectivity index (χ1v) is 8.13. The molecule has 2 aliphatic heterocycles. The summed E-state index contributed by atoms with van der Waals surface area (Å²) in [6.45, 7) is 9.68. The second kappa shape index (κ2) is 4.65. The van der Waals surface area contributed by atoms with Crippen LogP contribution < -0.4 is 9.47 Å². The van der Waals surface area contributed by atoms with Crippen molar-refractivity contribution in [2.75, 3.05) is 13.2 Å². The Morgan fingerprint density at radius 3 is 2.27 bits per heavy atom. The summed E-state index contributed by atoms with van der Waals surface area (Å²) in [5, 5.41) is 0. The van der Waals surface area contributed by atoms with Gasteiger partial charge in [-0.2, -0.15) is 0 Å². The average molecular weight is 302 g/mol. The molecule has 22 heavy (non-hydrogen) atoms. The second-order valence-corrected chi connectivity index (χ2v) is 7.53. The summed E-state index contributed by atoms with van der Waals surface area (Å²) in [5.74, 6) is 2.64. The van der Waals surface area contributed by atoms with E-state index in [-0.39, 0.29) is 18.3 Å². The molecular formula is C17H23BO4. The van der Waals surface area contributed by atoms with Gasteiger partial charge in [-0.1, -0.05) is 6.07 Å². The van der Waals surface area contributed by atoms with E-state index < -0.39 is 0 Å². The van der Waals surface area contributed by atoms with Crippen LogP contribution in [0.25, 0.3) is 0 Å². The molecule has 118 valence electrons. The lowest BCUT2D eigenvalue weighted by Gasteiger charge is -2.32. The minimum Gasteiger partial charge on any atom is -0.486 e. The van der Waals surface area contributed by atoms with Crippen LogP contribution in [0.15, 0.2) is 18.2 Å². The highest BCUT2D eigenvalue weighted by atomic mass is 16.7. The predicted molar refractivity (Wildman–Crippen MR) is 84.6 cm³/mol. The van der Waals surface area contributed by atoms with Gasteiger partial charge in [0, 0.05) is 5.82 Å². The van der Waals surface area contributed by atoms with Crippen LogP contribution in [0.3, 0.4) is 0 Å². The summed E-state index contributed by atoms with van der Waals surface area (Å²) in [6.07, 6.45) is 1.11. The first kappa shape index (κ1) is 14.4. The number of benzene rings is 1. The van der Waals surface area contributed by atoms with Crippen molar-refractivity contribution in [1.82, 2.24) is 0 Å². The Bertz CT molecular complexity index is 582. The highest BCUT2D eigenvalue weighted by Crippen LogP contribution is 2.59. The molecule has 0 N–H and O–H groups in total. The van der Waals surface area contributed by atoms with E-state index in [1.54, 1.807) is 0 Å². The fourth-order valence-corrected chi connectivity index (χ4v) is 3.25. The lowest BCUT2D eigenvalue weighted by molar-refractivity contribution is 0.00578. The van der Waals surface area contributed by atoms with Gasteiger partial charge in [0.2, 0.25) is 0 Å². The number of ether oxygens (including phenoxy) is 2. The standard InChI is InChI=1S/C17H23BO4/c1-16(2)17(3,4)22-18(21-16)13-10-12(13)11-5-6-14-15(9-11)20-8-7-19-14/h5-6,9,12-13H,7-8,10H2,1-4H3/t12-,13+/m0/s1. The number of rotatable bonds is 2. The molecule has 0 radical (unpaired) electrons. The maximum atomic E-state index is 6.17. The minimum absolute atomic E-state index is 0.108. The molecule has 0 unspecified atom stereocenters. The molecule has 2 fully saturated rings. The van der Waals surface area contributed by atoms with Gasteiger partial charge in [0.25, 0.3) is 0 Å². The van der Waals surface area contributed by atoms with E-state index >= 15 is 0 Å². The van der Waals surface area contributed by atoms with Gasteiger partial charge in [-0.15, -0.1) is 0 Å². The van der Waals surface area contributed by atoms with E-state index in [1.807, 2.05) is 6.07 Å². The van der Waals surface area contributed by atoms with E-state index in [1.165, 1.54) is 5.56 Å². The number of fused-ring (bicyclic) bond motifs is 1. The molecule has 1 saturated heterocycles. The van der Waals surface area contributed by atoms with Crippen molar-refractivity contribution >= 4 is 7.12 Å². The minimum atomic E-state index is -0.252. The van der Waals surface area contributed by atoms with Gasteiger partial charge in [0.1, 0.15) is 13.2 Å². The van der Waals surface area contributed by atoms with E-state index in [0.717, 1.165) is 17.9 Å². The molecule has 3 aliphatic rings. The summed E-state index contributed by atoms with van der Waals surface area (Å²) >= 11 is 0. The van der Waals surface area contributed by atoms with E-state index in [9.17, 15) is 0 Å². The molecule has 4 nitrogen and oxygen atoms in total. The van der Waals surface area contributed by atoms with Crippen LogP contribution in [0.1, 0.15) is 45.6 Å². The highest BCUT2D eigenvalue weighted by Gasteiger charge is 2.59. The Balaban J connectivity index is 1.49. The quantitative estimate of drug-likeness (QED) is 0.785. The molecule has 0 amide bonds. The lowest BCUT2D eigenvalue weighted by Crippen LogP contribution is -2.41. The normalized spacial score (nSPS) is 31.2. The van der Waals surface area contributed by atoms with E-state index in [4.69, 9.17) is 18.8 Å². The smallest absolute Gasteiger partial charge is 0.461 e. The van der Waals surface area contributed by atoms with Gasteiger partial charge in [-0.25, -0.2) is 0 Å².